The second-order valence-electron chi connectivity index (χ2n) is 9.38. The third kappa shape index (κ3) is 3.60. The largest absolute Gasteiger partial charge is 0.348 e. The monoisotopic (exact) mass is 480 g/mol. The zero-order valence-electron chi connectivity index (χ0n) is 18.5. The fourth-order valence-corrected chi connectivity index (χ4v) is 6.24. The third-order valence-corrected chi connectivity index (χ3v) is 9.08. The van der Waals surface area contributed by atoms with E-state index < -0.39 is 26.9 Å². The molecule has 2 aliphatic carbocycles. The van der Waals surface area contributed by atoms with Crippen LogP contribution in [0.25, 0.3) is 0 Å². The van der Waals surface area contributed by atoms with E-state index in [4.69, 9.17) is 5.26 Å². The minimum atomic E-state index is -2.54. The third-order valence-electron chi connectivity index (χ3n) is 7.46. The highest BCUT2D eigenvalue weighted by atomic mass is 32.2. The molecule has 1 aliphatic heterocycles. The van der Waals surface area contributed by atoms with Gasteiger partial charge in [0.05, 0.1) is 16.4 Å². The van der Waals surface area contributed by atoms with E-state index in [1.54, 1.807) is 29.2 Å². The van der Waals surface area contributed by atoms with Gasteiger partial charge in [-0.25, -0.2) is 8.42 Å². The molecule has 9 nitrogen and oxygen atoms in total. The summed E-state index contributed by atoms with van der Waals surface area (Å²) in [4.78, 5) is 40.4. The highest BCUT2D eigenvalue weighted by Crippen LogP contribution is 2.66. The topological polar surface area (TPSA) is 129 Å². The van der Waals surface area contributed by atoms with Crippen LogP contribution >= 0.6 is 0 Å². The van der Waals surface area contributed by atoms with E-state index in [1.165, 1.54) is 16.7 Å². The van der Waals surface area contributed by atoms with Crippen molar-refractivity contribution in [2.45, 2.75) is 43.5 Å². The summed E-state index contributed by atoms with van der Waals surface area (Å²) >= 11 is 0. The molecule has 1 aromatic carbocycles. The Bertz CT molecular complexity index is 1350. The lowest BCUT2D eigenvalue weighted by Crippen LogP contribution is -2.49. The number of nitriles is 1. The summed E-state index contributed by atoms with van der Waals surface area (Å²) in [5, 5.41) is 11.6. The highest BCUT2D eigenvalue weighted by Gasteiger charge is 2.68. The van der Waals surface area contributed by atoms with E-state index in [2.05, 4.69) is 5.32 Å². The van der Waals surface area contributed by atoms with Crippen LogP contribution in [0.5, 0.6) is 0 Å². The van der Waals surface area contributed by atoms with Crippen molar-refractivity contribution in [3.8, 4) is 6.07 Å². The van der Waals surface area contributed by atoms with Crippen molar-refractivity contribution < 1.29 is 18.0 Å². The van der Waals surface area contributed by atoms with E-state index >= 15 is 0 Å². The molecule has 176 valence electrons. The molecule has 0 bridgehead atoms. The molecule has 2 amide bonds. The molecule has 0 radical (unpaired) electrons. The van der Waals surface area contributed by atoms with Crippen LogP contribution in [-0.4, -0.2) is 47.5 Å². The Morgan fingerprint density at radius 3 is 2.32 bits per heavy atom. The zero-order valence-corrected chi connectivity index (χ0v) is 19.3. The zero-order chi connectivity index (χ0) is 24.1. The number of carbonyl (C=O) groups excluding carboxylic acids is 2. The van der Waals surface area contributed by atoms with Crippen molar-refractivity contribution in [2.24, 2.45) is 5.41 Å². The molecule has 0 unspecified atom stereocenters. The second-order valence-corrected chi connectivity index (χ2v) is 10.7. The molecular formula is C24H24N4O5S. The molecule has 0 spiro atoms. The molecule has 2 heterocycles. The van der Waals surface area contributed by atoms with E-state index in [0.717, 1.165) is 18.4 Å². The van der Waals surface area contributed by atoms with Gasteiger partial charge in [0.15, 0.2) is 0 Å². The van der Waals surface area contributed by atoms with E-state index in [9.17, 15) is 22.8 Å². The van der Waals surface area contributed by atoms with Crippen LogP contribution in [0.4, 0.5) is 0 Å². The average molecular weight is 481 g/mol. The van der Waals surface area contributed by atoms with E-state index in [1.807, 2.05) is 6.07 Å². The number of hydrogen-bond acceptors (Lipinski definition) is 6. The standard InChI is InChI=1S/C24H24N4O5S/c25-13-16-1-3-17(4-2-16)14-26-20(29)18-5-6-19-22(31)27(11-12-28(19)21(18)30)15-23(7-8-23)24(9-10-24)34(32)33/h1-6,34H,7-12,14-15H2,(H,26,29). The molecule has 34 heavy (non-hydrogen) atoms. The smallest absolute Gasteiger partial charge is 0.270 e. The number of nitrogens with zero attached hydrogens (tertiary/aromatic N) is 3. The predicted octanol–water partition coefficient (Wildman–Crippen LogP) is 1.03. The van der Waals surface area contributed by atoms with Gasteiger partial charge >= 0.3 is 0 Å². The normalized spacial score (nSPS) is 19.3. The Labute approximate surface area is 197 Å². The summed E-state index contributed by atoms with van der Waals surface area (Å²) in [5.74, 6) is -0.845. The molecule has 10 heteroatoms. The number of aromatic nitrogens is 1. The van der Waals surface area contributed by atoms with Gasteiger partial charge in [0.25, 0.3) is 17.4 Å². The van der Waals surface area contributed by atoms with Crippen molar-refractivity contribution in [3.05, 3.63) is 69.1 Å². The molecule has 2 fully saturated rings. The maximum Gasteiger partial charge on any atom is 0.270 e. The van der Waals surface area contributed by atoms with Crippen molar-refractivity contribution in [2.75, 3.05) is 13.1 Å². The molecule has 1 N–H and O–H groups in total. The fraction of sp³-hybridized carbons (Fsp3) is 0.417. The number of nitrogens with one attached hydrogen (secondary N) is 1. The maximum atomic E-state index is 13.1. The molecule has 0 saturated heterocycles. The lowest BCUT2D eigenvalue weighted by atomic mass is 9.98. The first-order chi connectivity index (χ1) is 16.3. The Balaban J connectivity index is 1.30. The number of pyridine rings is 1. The maximum absolute atomic E-state index is 13.1. The minimum Gasteiger partial charge on any atom is -0.348 e. The summed E-state index contributed by atoms with van der Waals surface area (Å²) in [7, 11) is -2.54. The molecule has 2 aromatic rings. The Morgan fingerprint density at radius 2 is 1.74 bits per heavy atom. The molecule has 1 aromatic heterocycles. The van der Waals surface area contributed by atoms with Crippen molar-refractivity contribution >= 4 is 22.5 Å². The van der Waals surface area contributed by atoms with Crippen LogP contribution in [0.2, 0.25) is 0 Å². The predicted molar refractivity (Wildman–Crippen MR) is 123 cm³/mol. The van der Waals surface area contributed by atoms with Gasteiger partial charge in [0.1, 0.15) is 22.0 Å². The van der Waals surface area contributed by atoms with Crippen LogP contribution in [0.3, 0.4) is 0 Å². The van der Waals surface area contributed by atoms with Gasteiger partial charge in [-0.05, 0) is 55.5 Å². The average Bonchev–Trinajstić information content (AvgIpc) is 3.75. The lowest BCUT2D eigenvalue weighted by Gasteiger charge is -2.34. The number of carbonyl (C=O) groups is 2. The Morgan fingerprint density at radius 1 is 1.03 bits per heavy atom. The van der Waals surface area contributed by atoms with Crippen molar-refractivity contribution in [3.63, 3.8) is 0 Å². The lowest BCUT2D eigenvalue weighted by molar-refractivity contribution is 0.0652. The van der Waals surface area contributed by atoms with Gasteiger partial charge in [-0.15, -0.1) is 0 Å². The minimum absolute atomic E-state index is 0.0439. The number of fused-ring (bicyclic) bond motifs is 1. The molecular weight excluding hydrogens is 456 g/mol. The summed E-state index contributed by atoms with van der Waals surface area (Å²) in [6.45, 7) is 1.14. The van der Waals surface area contributed by atoms with Crippen LogP contribution in [0, 0.1) is 16.7 Å². The Kier molecular flexibility index (Phi) is 5.32. The summed E-state index contributed by atoms with van der Waals surface area (Å²) in [6, 6.07) is 11.7. The number of thiol groups is 1. The highest BCUT2D eigenvalue weighted by molar-refractivity contribution is 7.74. The van der Waals surface area contributed by atoms with E-state index in [-0.39, 0.29) is 35.7 Å². The first kappa shape index (κ1) is 22.3. The van der Waals surface area contributed by atoms with Crippen LogP contribution in [0.1, 0.15) is 57.7 Å². The van der Waals surface area contributed by atoms with Crippen molar-refractivity contribution in [1.29, 1.82) is 5.26 Å². The van der Waals surface area contributed by atoms with Crippen LogP contribution in [0.15, 0.2) is 41.2 Å². The number of amides is 2. The van der Waals surface area contributed by atoms with Gasteiger partial charge in [-0.1, -0.05) is 12.1 Å². The second kappa shape index (κ2) is 8.09. The summed E-state index contributed by atoms with van der Waals surface area (Å²) < 4.78 is 24.4. The molecule has 2 saturated carbocycles. The van der Waals surface area contributed by atoms with Crippen LogP contribution in [-0.2, 0) is 23.8 Å². The van der Waals surface area contributed by atoms with Gasteiger partial charge in [-0.2, -0.15) is 5.26 Å². The number of hydrogen-bond donors (Lipinski definition) is 2. The van der Waals surface area contributed by atoms with Gasteiger partial charge in [0.2, 0.25) is 0 Å². The van der Waals surface area contributed by atoms with Gasteiger partial charge in [0, 0.05) is 31.6 Å². The molecule has 0 atom stereocenters. The number of benzene rings is 1. The summed E-state index contributed by atoms with van der Waals surface area (Å²) in [6.07, 6.45) is 2.91. The van der Waals surface area contributed by atoms with Crippen LogP contribution < -0.4 is 10.9 Å². The SMILES string of the molecule is N#Cc1ccc(CNC(=O)c2ccc3n(c2=O)CCN(CC2(C4([SH](=O)=O)CC4)CC2)C3=O)cc1. The first-order valence-corrected chi connectivity index (χ1v) is 12.4. The van der Waals surface area contributed by atoms with Gasteiger partial charge in [-0.3, -0.25) is 14.4 Å². The summed E-state index contributed by atoms with van der Waals surface area (Å²) in [5.41, 5.74) is 0.600. The quantitative estimate of drug-likeness (QED) is 0.570. The van der Waals surface area contributed by atoms with Crippen molar-refractivity contribution in [1.82, 2.24) is 14.8 Å². The molecule has 5 rings (SSSR count). The fourth-order valence-electron chi connectivity index (χ4n) is 5.08. The number of rotatable bonds is 7. The first-order valence-electron chi connectivity index (χ1n) is 11.3. The van der Waals surface area contributed by atoms with Gasteiger partial charge < -0.3 is 14.8 Å². The molecule has 3 aliphatic rings. The van der Waals surface area contributed by atoms with E-state index in [0.29, 0.717) is 31.5 Å². The Hall–Kier alpha value is -3.45.